The van der Waals surface area contributed by atoms with E-state index in [2.05, 4.69) is 65.4 Å². The van der Waals surface area contributed by atoms with Crippen LogP contribution in [0.1, 0.15) is 12.8 Å². The molecule has 6 aromatic rings. The fourth-order valence-corrected chi connectivity index (χ4v) is 5.26. The summed E-state index contributed by atoms with van der Waals surface area (Å²) in [5, 5.41) is 9.92. The van der Waals surface area contributed by atoms with Crippen molar-refractivity contribution in [1.82, 2.24) is 35.0 Å². The predicted molar refractivity (Wildman–Crippen MR) is 149 cm³/mol. The maximum atomic E-state index is 6.04. The monoisotopic (exact) mass is 501 g/mol. The molecule has 8 heteroatoms. The maximum absolute atomic E-state index is 6.04. The normalized spacial score (nSPS) is 14.0. The highest BCUT2D eigenvalue weighted by molar-refractivity contribution is 6.01. The zero-order chi connectivity index (χ0) is 25.3. The number of likely N-dealkylation sites (tertiary alicyclic amines) is 1. The van der Waals surface area contributed by atoms with Crippen molar-refractivity contribution < 1.29 is 4.74 Å². The third-order valence-corrected chi connectivity index (χ3v) is 7.23. The highest BCUT2D eigenvalue weighted by Crippen LogP contribution is 2.34. The third kappa shape index (κ3) is 4.29. The second-order valence-corrected chi connectivity index (χ2v) is 9.69. The molecule has 1 aliphatic rings. The van der Waals surface area contributed by atoms with Crippen LogP contribution >= 0.6 is 0 Å². The Balaban J connectivity index is 1.20. The molecule has 1 saturated heterocycles. The summed E-state index contributed by atoms with van der Waals surface area (Å²) in [5.74, 6) is 0.791. The summed E-state index contributed by atoms with van der Waals surface area (Å²) in [4.78, 5) is 19.3. The van der Waals surface area contributed by atoms with Crippen molar-refractivity contribution in [2.45, 2.75) is 12.8 Å². The van der Waals surface area contributed by atoms with Gasteiger partial charge in [-0.2, -0.15) is 5.10 Å². The number of H-pyrrole nitrogens is 2. The molecule has 0 spiro atoms. The third-order valence-electron chi connectivity index (χ3n) is 7.23. The van der Waals surface area contributed by atoms with Gasteiger partial charge < -0.3 is 9.72 Å². The molecular formula is C30H27N7O. The van der Waals surface area contributed by atoms with Gasteiger partial charge in [0.2, 0.25) is 0 Å². The molecule has 38 heavy (non-hydrogen) atoms. The van der Waals surface area contributed by atoms with Crippen LogP contribution in [0.3, 0.4) is 0 Å². The highest BCUT2D eigenvalue weighted by atomic mass is 16.5. The van der Waals surface area contributed by atoms with Gasteiger partial charge in [0.05, 0.1) is 34.8 Å². The van der Waals surface area contributed by atoms with E-state index in [1.165, 1.54) is 25.9 Å². The molecule has 1 aliphatic heterocycles. The number of benzene rings is 1. The second-order valence-electron chi connectivity index (χ2n) is 9.69. The molecule has 2 N–H and O–H groups in total. The van der Waals surface area contributed by atoms with Gasteiger partial charge in [0.25, 0.3) is 0 Å². The Hall–Kier alpha value is -4.56. The van der Waals surface area contributed by atoms with Gasteiger partial charge in [-0.05, 0) is 67.9 Å². The molecule has 0 saturated carbocycles. The molecule has 188 valence electrons. The van der Waals surface area contributed by atoms with E-state index in [1.807, 2.05) is 36.8 Å². The molecule has 0 aliphatic carbocycles. The zero-order valence-corrected chi connectivity index (χ0v) is 20.9. The Bertz CT molecular complexity index is 1720. The molecule has 7 rings (SSSR count). The fourth-order valence-electron chi connectivity index (χ4n) is 5.26. The summed E-state index contributed by atoms with van der Waals surface area (Å²) in [6, 6.07) is 16.4. The lowest BCUT2D eigenvalue weighted by Crippen LogP contribution is -2.25. The number of hydrogen-bond acceptors (Lipinski definition) is 6. The molecule has 0 unspecified atom stereocenters. The van der Waals surface area contributed by atoms with Gasteiger partial charge in [0.15, 0.2) is 0 Å². The van der Waals surface area contributed by atoms with Crippen molar-refractivity contribution in [1.29, 1.82) is 0 Å². The van der Waals surface area contributed by atoms with Crippen LogP contribution in [0.2, 0.25) is 0 Å². The van der Waals surface area contributed by atoms with E-state index in [0.29, 0.717) is 6.61 Å². The van der Waals surface area contributed by atoms with E-state index >= 15 is 0 Å². The van der Waals surface area contributed by atoms with Crippen LogP contribution < -0.4 is 4.74 Å². The first-order valence-corrected chi connectivity index (χ1v) is 13.0. The average molecular weight is 502 g/mol. The molecule has 1 fully saturated rings. The number of fused-ring (bicyclic) bond motifs is 2. The van der Waals surface area contributed by atoms with Crippen molar-refractivity contribution in [3.8, 4) is 39.5 Å². The van der Waals surface area contributed by atoms with Crippen molar-refractivity contribution >= 4 is 21.8 Å². The Morgan fingerprint density at radius 2 is 1.76 bits per heavy atom. The van der Waals surface area contributed by atoms with Crippen LogP contribution in [-0.2, 0) is 0 Å². The number of aromatic nitrogens is 6. The molecular weight excluding hydrogens is 474 g/mol. The second kappa shape index (κ2) is 9.72. The summed E-state index contributed by atoms with van der Waals surface area (Å²) in [7, 11) is 0. The summed E-state index contributed by atoms with van der Waals surface area (Å²) in [6.07, 6.45) is 11.7. The Morgan fingerprint density at radius 1 is 0.842 bits per heavy atom. The minimum absolute atomic E-state index is 0.672. The van der Waals surface area contributed by atoms with Crippen LogP contribution in [0, 0.1) is 0 Å². The van der Waals surface area contributed by atoms with Crippen LogP contribution in [-0.4, -0.2) is 61.3 Å². The standard InChI is InChI=1S/C30H27N7O/c1-2-8-33-26(5-1)25-18-32-19-29-23(25)15-28(34-29)30-24-14-20(6-7-27(24)35-36-30)21-13-22(17-31-16-21)38-12-11-37-9-3-4-10-37/h1-2,5-8,13-19,34H,3-4,9-12H2,(H,35,36). The van der Waals surface area contributed by atoms with Crippen molar-refractivity contribution in [2.75, 3.05) is 26.2 Å². The first-order valence-electron chi connectivity index (χ1n) is 13.0. The van der Waals surface area contributed by atoms with E-state index in [-0.39, 0.29) is 0 Å². The lowest BCUT2D eigenvalue weighted by atomic mass is 10.0. The maximum Gasteiger partial charge on any atom is 0.138 e. The lowest BCUT2D eigenvalue weighted by molar-refractivity contribution is 0.237. The fraction of sp³-hybridized carbons (Fsp3) is 0.200. The Morgan fingerprint density at radius 3 is 2.66 bits per heavy atom. The molecule has 8 nitrogen and oxygen atoms in total. The largest absolute Gasteiger partial charge is 0.491 e. The number of aromatic amines is 2. The highest BCUT2D eigenvalue weighted by Gasteiger charge is 2.15. The van der Waals surface area contributed by atoms with Gasteiger partial charge in [-0.1, -0.05) is 12.1 Å². The van der Waals surface area contributed by atoms with Crippen LogP contribution in [0.15, 0.2) is 79.5 Å². The number of nitrogens with one attached hydrogen (secondary N) is 2. The van der Waals surface area contributed by atoms with Gasteiger partial charge in [-0.15, -0.1) is 0 Å². The van der Waals surface area contributed by atoms with Gasteiger partial charge in [-0.3, -0.25) is 25.0 Å². The first kappa shape index (κ1) is 22.6. The van der Waals surface area contributed by atoms with Gasteiger partial charge in [0.1, 0.15) is 18.1 Å². The molecule has 6 heterocycles. The Kier molecular flexibility index (Phi) is 5.79. The minimum atomic E-state index is 0.672. The predicted octanol–water partition coefficient (Wildman–Crippen LogP) is 5.70. The van der Waals surface area contributed by atoms with Crippen molar-refractivity contribution in [3.05, 3.63) is 79.5 Å². The topological polar surface area (TPSA) is 95.6 Å². The lowest BCUT2D eigenvalue weighted by Gasteiger charge is -2.15. The summed E-state index contributed by atoms with van der Waals surface area (Å²) >= 11 is 0. The van der Waals surface area contributed by atoms with E-state index in [9.17, 15) is 0 Å². The molecule has 5 aromatic heterocycles. The smallest absolute Gasteiger partial charge is 0.138 e. The molecule has 0 atom stereocenters. The molecule has 0 radical (unpaired) electrons. The van der Waals surface area contributed by atoms with E-state index in [0.717, 1.165) is 67.9 Å². The van der Waals surface area contributed by atoms with Gasteiger partial charge in [0, 0.05) is 47.0 Å². The summed E-state index contributed by atoms with van der Waals surface area (Å²) < 4.78 is 6.04. The number of hydrogen-bond donors (Lipinski definition) is 2. The molecule has 0 bridgehead atoms. The number of pyridine rings is 3. The zero-order valence-electron chi connectivity index (χ0n) is 20.9. The minimum Gasteiger partial charge on any atom is -0.491 e. The van der Waals surface area contributed by atoms with Gasteiger partial charge >= 0.3 is 0 Å². The molecule has 1 aromatic carbocycles. The van der Waals surface area contributed by atoms with Crippen molar-refractivity contribution in [3.63, 3.8) is 0 Å². The summed E-state index contributed by atoms with van der Waals surface area (Å²) in [6.45, 7) is 3.97. The molecule has 0 amide bonds. The van der Waals surface area contributed by atoms with E-state index in [1.54, 1.807) is 12.4 Å². The van der Waals surface area contributed by atoms with Crippen LogP contribution in [0.25, 0.3) is 55.6 Å². The van der Waals surface area contributed by atoms with Gasteiger partial charge in [-0.25, -0.2) is 0 Å². The number of nitrogens with zero attached hydrogens (tertiary/aromatic N) is 5. The Labute approximate surface area is 219 Å². The van der Waals surface area contributed by atoms with Crippen molar-refractivity contribution in [2.24, 2.45) is 0 Å². The van der Waals surface area contributed by atoms with E-state index < -0.39 is 0 Å². The van der Waals surface area contributed by atoms with E-state index in [4.69, 9.17) is 4.74 Å². The SMILES string of the molecule is c1ccc(-c2cncc3[nH]c(-c4n[nH]c5ccc(-c6cncc(OCCN7CCCC7)c6)cc45)cc23)nc1. The van der Waals surface area contributed by atoms with Crippen LogP contribution in [0.5, 0.6) is 5.75 Å². The quantitative estimate of drug-likeness (QED) is 0.291. The van der Waals surface area contributed by atoms with Crippen LogP contribution in [0.4, 0.5) is 0 Å². The summed E-state index contributed by atoms with van der Waals surface area (Å²) in [5.41, 5.74) is 7.64. The first-order chi connectivity index (χ1) is 18.8. The number of rotatable bonds is 7. The number of ether oxygens (including phenoxy) is 1. The average Bonchev–Trinajstić information content (AvgIpc) is 3.73.